The minimum atomic E-state index is -0.297. The molecule has 6 nitrogen and oxygen atoms in total. The quantitative estimate of drug-likeness (QED) is 0.646. The number of likely N-dealkylation sites (tertiary alicyclic amines) is 1. The van der Waals surface area contributed by atoms with Gasteiger partial charge in [0.1, 0.15) is 5.82 Å². The lowest BCUT2D eigenvalue weighted by atomic mass is 10.2. The van der Waals surface area contributed by atoms with Crippen molar-refractivity contribution >= 4 is 23.5 Å². The molecule has 0 bridgehead atoms. The molecule has 2 rings (SSSR count). The molecule has 2 heterocycles. The van der Waals surface area contributed by atoms with E-state index in [2.05, 4.69) is 9.97 Å². The van der Waals surface area contributed by atoms with Crippen LogP contribution in [-0.4, -0.2) is 39.1 Å². The molecule has 1 fully saturated rings. The summed E-state index contributed by atoms with van der Waals surface area (Å²) in [4.78, 5) is 32.2. The number of rotatable bonds is 3. The number of carbonyl (C=O) groups excluding carboxylic acids is 1. The van der Waals surface area contributed by atoms with Crippen LogP contribution in [0.2, 0.25) is 0 Å². The van der Waals surface area contributed by atoms with Crippen molar-refractivity contribution in [1.82, 2.24) is 14.9 Å². The van der Waals surface area contributed by atoms with E-state index in [-0.39, 0.29) is 22.5 Å². The zero-order chi connectivity index (χ0) is 14.5. The lowest BCUT2D eigenvalue weighted by molar-refractivity contribution is -0.130. The van der Waals surface area contributed by atoms with E-state index >= 15 is 0 Å². The van der Waals surface area contributed by atoms with E-state index in [0.29, 0.717) is 5.16 Å². The number of aromatic nitrogens is 2. The Bertz CT molecular complexity index is 523. The van der Waals surface area contributed by atoms with Gasteiger partial charge >= 0.3 is 0 Å². The number of hydrogen-bond acceptors (Lipinski definition) is 5. The van der Waals surface area contributed by atoms with Crippen molar-refractivity contribution in [3.05, 3.63) is 16.4 Å². The second-order valence-electron chi connectivity index (χ2n) is 4.97. The molecule has 0 aromatic carbocycles. The Kier molecular flexibility index (Phi) is 5.05. The third-order valence-electron chi connectivity index (χ3n) is 3.29. The van der Waals surface area contributed by atoms with E-state index < -0.39 is 0 Å². The van der Waals surface area contributed by atoms with Gasteiger partial charge in [0.25, 0.3) is 5.56 Å². The van der Waals surface area contributed by atoms with Crippen LogP contribution in [0.4, 0.5) is 5.82 Å². The molecule has 1 atom stereocenters. The summed E-state index contributed by atoms with van der Waals surface area (Å²) < 4.78 is 0. The molecule has 0 aliphatic carbocycles. The van der Waals surface area contributed by atoms with Crippen LogP contribution in [0.3, 0.4) is 0 Å². The first-order valence-corrected chi connectivity index (χ1v) is 7.76. The molecule has 7 heteroatoms. The Morgan fingerprint density at radius 1 is 1.40 bits per heavy atom. The van der Waals surface area contributed by atoms with E-state index in [1.807, 2.05) is 11.8 Å². The van der Waals surface area contributed by atoms with Gasteiger partial charge in [-0.1, -0.05) is 24.6 Å². The largest absolute Gasteiger partial charge is 0.383 e. The number of aromatic amines is 1. The predicted molar refractivity (Wildman–Crippen MR) is 79.6 cm³/mol. The maximum Gasteiger partial charge on any atom is 0.253 e. The summed E-state index contributed by atoms with van der Waals surface area (Å²) in [5.74, 6) is 0.271. The standard InChI is InChI=1S/C13H20N4O2S/c1-9(12(19)17-6-4-2-3-5-7-17)20-13-15-10(14)8-11(18)16-13/h8-9H,2-7H2,1H3,(H3,14,15,16,18). The van der Waals surface area contributed by atoms with Crippen molar-refractivity contribution in [1.29, 1.82) is 0 Å². The van der Waals surface area contributed by atoms with Crippen molar-refractivity contribution in [2.24, 2.45) is 0 Å². The molecule has 110 valence electrons. The number of nitrogen functional groups attached to an aromatic ring is 1. The van der Waals surface area contributed by atoms with Gasteiger partial charge in [0.05, 0.1) is 5.25 Å². The van der Waals surface area contributed by atoms with E-state index in [1.165, 1.54) is 30.7 Å². The van der Waals surface area contributed by atoms with Crippen LogP contribution in [0.25, 0.3) is 0 Å². The maximum atomic E-state index is 12.4. The fraction of sp³-hybridized carbons (Fsp3) is 0.615. The first-order valence-electron chi connectivity index (χ1n) is 6.88. The highest BCUT2D eigenvalue weighted by atomic mass is 32.2. The zero-order valence-electron chi connectivity index (χ0n) is 11.6. The second-order valence-corrected chi connectivity index (χ2v) is 6.30. The summed E-state index contributed by atoms with van der Waals surface area (Å²) in [5.41, 5.74) is 5.24. The van der Waals surface area contributed by atoms with E-state index in [9.17, 15) is 9.59 Å². The third-order valence-corrected chi connectivity index (χ3v) is 4.27. The van der Waals surface area contributed by atoms with Crippen LogP contribution < -0.4 is 11.3 Å². The Balaban J connectivity index is 2.01. The molecule has 0 radical (unpaired) electrons. The highest BCUT2D eigenvalue weighted by Crippen LogP contribution is 2.22. The van der Waals surface area contributed by atoms with Gasteiger partial charge in [-0.05, 0) is 19.8 Å². The highest BCUT2D eigenvalue weighted by Gasteiger charge is 2.23. The number of hydrogen-bond donors (Lipinski definition) is 2. The molecule has 1 aromatic heterocycles. The normalized spacial score (nSPS) is 17.6. The van der Waals surface area contributed by atoms with Crippen molar-refractivity contribution in [3.63, 3.8) is 0 Å². The van der Waals surface area contributed by atoms with Gasteiger partial charge in [0.2, 0.25) is 5.91 Å². The first kappa shape index (κ1) is 14.9. The summed E-state index contributed by atoms with van der Waals surface area (Å²) in [6.45, 7) is 3.48. The number of anilines is 1. The van der Waals surface area contributed by atoms with Crippen LogP contribution in [0, 0.1) is 0 Å². The second kappa shape index (κ2) is 6.78. The molecular weight excluding hydrogens is 276 g/mol. The van der Waals surface area contributed by atoms with Gasteiger partial charge < -0.3 is 15.6 Å². The Morgan fingerprint density at radius 3 is 2.65 bits per heavy atom. The van der Waals surface area contributed by atoms with Gasteiger partial charge in [-0.25, -0.2) is 4.98 Å². The fourth-order valence-corrected chi connectivity index (χ4v) is 3.18. The Labute approximate surface area is 122 Å². The molecule has 1 aliphatic heterocycles. The van der Waals surface area contributed by atoms with Crippen LogP contribution in [-0.2, 0) is 4.79 Å². The number of nitrogens with zero attached hydrogens (tertiary/aromatic N) is 2. The van der Waals surface area contributed by atoms with Crippen LogP contribution in [0.1, 0.15) is 32.6 Å². The summed E-state index contributed by atoms with van der Waals surface area (Å²) >= 11 is 1.24. The molecule has 1 aliphatic rings. The number of H-pyrrole nitrogens is 1. The molecule has 1 unspecified atom stereocenters. The monoisotopic (exact) mass is 296 g/mol. The summed E-state index contributed by atoms with van der Waals surface area (Å²) in [7, 11) is 0. The predicted octanol–water partition coefficient (Wildman–Crippen LogP) is 1.24. The maximum absolute atomic E-state index is 12.4. The van der Waals surface area contributed by atoms with Crippen molar-refractivity contribution in [2.45, 2.75) is 43.0 Å². The van der Waals surface area contributed by atoms with Crippen LogP contribution in [0.5, 0.6) is 0 Å². The number of nitrogens with two attached hydrogens (primary N) is 1. The topological polar surface area (TPSA) is 92.1 Å². The van der Waals surface area contributed by atoms with E-state index in [1.54, 1.807) is 0 Å². The minimum absolute atomic E-state index is 0.0990. The first-order chi connectivity index (χ1) is 9.56. The Morgan fingerprint density at radius 2 is 2.05 bits per heavy atom. The molecule has 20 heavy (non-hydrogen) atoms. The summed E-state index contributed by atoms with van der Waals surface area (Å²) in [6, 6.07) is 1.23. The van der Waals surface area contributed by atoms with Crippen LogP contribution >= 0.6 is 11.8 Å². The number of carbonyl (C=O) groups is 1. The van der Waals surface area contributed by atoms with Crippen molar-refractivity contribution < 1.29 is 4.79 Å². The summed E-state index contributed by atoms with van der Waals surface area (Å²) in [6.07, 6.45) is 4.51. The minimum Gasteiger partial charge on any atom is -0.383 e. The average molecular weight is 296 g/mol. The molecular formula is C13H20N4O2S. The number of nitrogens with one attached hydrogen (secondary N) is 1. The van der Waals surface area contributed by atoms with Crippen molar-refractivity contribution in [2.75, 3.05) is 18.8 Å². The molecule has 0 spiro atoms. The van der Waals surface area contributed by atoms with Crippen LogP contribution in [0.15, 0.2) is 16.0 Å². The third kappa shape index (κ3) is 4.00. The summed E-state index contributed by atoms with van der Waals surface area (Å²) in [5, 5.41) is 0.115. The van der Waals surface area contributed by atoms with Gasteiger partial charge in [0.15, 0.2) is 5.16 Å². The van der Waals surface area contributed by atoms with E-state index in [0.717, 1.165) is 25.9 Å². The highest BCUT2D eigenvalue weighted by molar-refractivity contribution is 8.00. The molecule has 0 saturated carbocycles. The molecule has 1 aromatic rings. The van der Waals surface area contributed by atoms with Gasteiger partial charge in [-0.3, -0.25) is 9.59 Å². The average Bonchev–Trinajstić information content (AvgIpc) is 2.65. The molecule has 3 N–H and O–H groups in total. The number of thioether (sulfide) groups is 1. The zero-order valence-corrected chi connectivity index (χ0v) is 12.4. The molecule has 1 amide bonds. The Hall–Kier alpha value is -1.50. The van der Waals surface area contributed by atoms with Gasteiger partial charge in [-0.2, -0.15) is 0 Å². The fourth-order valence-electron chi connectivity index (χ4n) is 2.28. The lowest BCUT2D eigenvalue weighted by Crippen LogP contribution is -2.37. The SMILES string of the molecule is CC(Sc1nc(N)cc(=O)[nH]1)C(=O)N1CCCCCC1. The molecule has 1 saturated heterocycles. The lowest BCUT2D eigenvalue weighted by Gasteiger charge is -2.23. The van der Waals surface area contributed by atoms with Gasteiger partial charge in [0, 0.05) is 19.2 Å². The van der Waals surface area contributed by atoms with Crippen molar-refractivity contribution in [3.8, 4) is 0 Å². The van der Waals surface area contributed by atoms with E-state index in [4.69, 9.17) is 5.73 Å². The van der Waals surface area contributed by atoms with Gasteiger partial charge in [-0.15, -0.1) is 0 Å². The smallest absolute Gasteiger partial charge is 0.253 e. The number of amides is 1.